The number of nitrogens with zero attached hydrogens (tertiary/aromatic N) is 3. The molecule has 0 amide bonds. The van der Waals surface area contributed by atoms with Crippen molar-refractivity contribution in [2.24, 2.45) is 0 Å². The first kappa shape index (κ1) is 14.6. The van der Waals surface area contributed by atoms with Crippen LogP contribution in [0.3, 0.4) is 0 Å². The van der Waals surface area contributed by atoms with Crippen LogP contribution in [0, 0.1) is 0 Å². The van der Waals surface area contributed by atoms with Crippen LogP contribution < -0.4 is 4.74 Å². The lowest BCUT2D eigenvalue weighted by Crippen LogP contribution is -2.13. The van der Waals surface area contributed by atoms with Crippen LogP contribution in [0.2, 0.25) is 0 Å². The number of rotatable bonds is 1. The summed E-state index contributed by atoms with van der Waals surface area (Å²) >= 11 is 0. The topological polar surface area (TPSA) is 65.0 Å². The molecular weight excluding hydrogens is 323 g/mol. The minimum absolute atomic E-state index is 0.219. The van der Waals surface area contributed by atoms with E-state index in [2.05, 4.69) is 15.0 Å². The number of pyridine rings is 1. The number of carbonyl (C=O) groups is 1. The van der Waals surface area contributed by atoms with Gasteiger partial charge in [-0.25, -0.2) is 9.97 Å². The summed E-state index contributed by atoms with van der Waals surface area (Å²) in [5.74, 6) is -1.33. The number of alkyl halides is 3. The second-order valence-electron chi connectivity index (χ2n) is 5.21. The Labute approximate surface area is 133 Å². The molecule has 5 nitrogen and oxygen atoms in total. The minimum Gasteiger partial charge on any atom is -0.497 e. The van der Waals surface area contributed by atoms with Crippen molar-refractivity contribution in [1.82, 2.24) is 15.0 Å². The lowest BCUT2D eigenvalue weighted by atomic mass is 10.0. The molecule has 0 bridgehead atoms. The summed E-state index contributed by atoms with van der Waals surface area (Å²) in [6.45, 7) is 0. The average molecular weight is 331 g/mol. The van der Waals surface area contributed by atoms with E-state index in [1.54, 1.807) is 18.2 Å². The summed E-state index contributed by atoms with van der Waals surface area (Å²) in [6.07, 6.45) is -2.33. The number of hydrogen-bond acceptors (Lipinski definition) is 5. The molecule has 8 heteroatoms. The third kappa shape index (κ3) is 1.96. The lowest BCUT2D eigenvalue weighted by molar-refractivity contribution is -0.145. The average Bonchev–Trinajstić information content (AvgIpc) is 2.86. The molecule has 120 valence electrons. The van der Waals surface area contributed by atoms with Gasteiger partial charge in [0.1, 0.15) is 11.4 Å². The van der Waals surface area contributed by atoms with E-state index in [0.29, 0.717) is 22.2 Å². The van der Waals surface area contributed by atoms with Crippen LogP contribution in [-0.2, 0) is 6.18 Å². The molecule has 0 N–H and O–H groups in total. The highest BCUT2D eigenvalue weighted by Gasteiger charge is 2.38. The smallest absolute Gasteiger partial charge is 0.451 e. The molecule has 1 aliphatic carbocycles. The van der Waals surface area contributed by atoms with Gasteiger partial charge >= 0.3 is 6.18 Å². The highest BCUT2D eigenvalue weighted by atomic mass is 19.4. The predicted molar refractivity (Wildman–Crippen MR) is 77.8 cm³/mol. The van der Waals surface area contributed by atoms with Crippen molar-refractivity contribution >= 4 is 16.7 Å². The molecule has 0 saturated heterocycles. The van der Waals surface area contributed by atoms with Crippen molar-refractivity contribution in [2.75, 3.05) is 7.11 Å². The van der Waals surface area contributed by atoms with E-state index in [1.165, 1.54) is 13.3 Å². The molecular formula is C16H8F3N3O2. The van der Waals surface area contributed by atoms with E-state index < -0.39 is 17.8 Å². The summed E-state index contributed by atoms with van der Waals surface area (Å²) in [6, 6.07) is 5.08. The van der Waals surface area contributed by atoms with Gasteiger partial charge in [0.05, 0.1) is 18.2 Å². The molecule has 0 spiro atoms. The SMILES string of the molecule is COc1ccc2c3c(cnc2c1)C(=O)c1nc(C(F)(F)F)ncc1-3. The summed E-state index contributed by atoms with van der Waals surface area (Å²) in [4.78, 5) is 23.4. The molecule has 24 heavy (non-hydrogen) atoms. The standard InChI is InChI=1S/C16H8F3N3O2/c1-24-7-2-3-8-11(4-7)20-6-10-12(8)9-5-21-15(16(17,18)19)22-13(9)14(10)23/h2-6H,1H3. The van der Waals surface area contributed by atoms with Gasteiger partial charge < -0.3 is 4.74 Å². The van der Waals surface area contributed by atoms with Gasteiger partial charge in [0.25, 0.3) is 0 Å². The van der Waals surface area contributed by atoms with E-state index in [1.807, 2.05) is 0 Å². The molecule has 0 saturated carbocycles. The fourth-order valence-electron chi connectivity index (χ4n) is 2.76. The molecule has 3 aromatic rings. The van der Waals surface area contributed by atoms with Crippen molar-refractivity contribution in [3.63, 3.8) is 0 Å². The van der Waals surface area contributed by atoms with Crippen LogP contribution in [0.4, 0.5) is 13.2 Å². The number of benzene rings is 1. The Morgan fingerprint density at radius 2 is 1.83 bits per heavy atom. The highest BCUT2D eigenvalue weighted by Crippen LogP contribution is 2.41. The number of methoxy groups -OCH3 is 1. The third-order valence-electron chi connectivity index (χ3n) is 3.85. The minimum atomic E-state index is -4.71. The quantitative estimate of drug-likeness (QED) is 0.536. The van der Waals surface area contributed by atoms with Crippen molar-refractivity contribution in [2.45, 2.75) is 6.18 Å². The lowest BCUT2D eigenvalue weighted by Gasteiger charge is -2.07. The van der Waals surface area contributed by atoms with Crippen LogP contribution in [0.15, 0.2) is 30.6 Å². The first-order chi connectivity index (χ1) is 11.4. The van der Waals surface area contributed by atoms with Crippen molar-refractivity contribution in [1.29, 1.82) is 0 Å². The zero-order chi connectivity index (χ0) is 17.1. The van der Waals surface area contributed by atoms with Gasteiger partial charge in [-0.15, -0.1) is 0 Å². The van der Waals surface area contributed by atoms with Crippen molar-refractivity contribution in [3.8, 4) is 16.9 Å². The molecule has 2 aromatic heterocycles. The number of ether oxygens (including phenoxy) is 1. The third-order valence-corrected chi connectivity index (χ3v) is 3.85. The van der Waals surface area contributed by atoms with E-state index >= 15 is 0 Å². The van der Waals surface area contributed by atoms with Gasteiger partial charge in [-0.3, -0.25) is 9.78 Å². The molecule has 0 unspecified atom stereocenters. The Bertz CT molecular complexity index is 1020. The van der Waals surface area contributed by atoms with Gasteiger partial charge in [0.15, 0.2) is 0 Å². The zero-order valence-corrected chi connectivity index (χ0v) is 12.2. The van der Waals surface area contributed by atoms with Crippen LogP contribution >= 0.6 is 0 Å². The summed E-state index contributed by atoms with van der Waals surface area (Å²) in [5, 5.41) is 0.628. The Hall–Kier alpha value is -3.03. The molecule has 1 aliphatic rings. The molecule has 4 rings (SSSR count). The van der Waals surface area contributed by atoms with Crippen LogP contribution in [-0.4, -0.2) is 27.8 Å². The fourth-order valence-corrected chi connectivity index (χ4v) is 2.76. The normalized spacial score (nSPS) is 13.1. The molecule has 2 heterocycles. The maximum Gasteiger partial charge on any atom is 0.451 e. The first-order valence-electron chi connectivity index (χ1n) is 6.86. The number of fused-ring (bicyclic) bond motifs is 5. The van der Waals surface area contributed by atoms with Gasteiger partial charge in [0.2, 0.25) is 11.6 Å². The van der Waals surface area contributed by atoms with Gasteiger partial charge in [0, 0.05) is 35.0 Å². The molecule has 0 atom stereocenters. The van der Waals surface area contributed by atoms with Crippen molar-refractivity contribution in [3.05, 3.63) is 47.7 Å². The number of carbonyl (C=O) groups excluding carboxylic acids is 1. The van der Waals surface area contributed by atoms with E-state index in [-0.39, 0.29) is 16.8 Å². The van der Waals surface area contributed by atoms with Crippen LogP contribution in [0.5, 0.6) is 5.75 Å². The number of aromatic nitrogens is 3. The van der Waals surface area contributed by atoms with E-state index in [0.717, 1.165) is 6.20 Å². The summed E-state index contributed by atoms with van der Waals surface area (Å²) in [7, 11) is 1.51. The van der Waals surface area contributed by atoms with E-state index in [4.69, 9.17) is 4.74 Å². The molecule has 0 radical (unpaired) electrons. The van der Waals surface area contributed by atoms with E-state index in [9.17, 15) is 18.0 Å². The highest BCUT2D eigenvalue weighted by molar-refractivity contribution is 6.24. The number of ketones is 1. The zero-order valence-electron chi connectivity index (χ0n) is 12.2. The Morgan fingerprint density at radius 1 is 1.08 bits per heavy atom. The largest absolute Gasteiger partial charge is 0.497 e. The van der Waals surface area contributed by atoms with Crippen LogP contribution in [0.25, 0.3) is 22.0 Å². The monoisotopic (exact) mass is 331 g/mol. The number of halogens is 3. The Kier molecular flexibility index (Phi) is 2.87. The summed E-state index contributed by atoms with van der Waals surface area (Å²) < 4.78 is 43.5. The van der Waals surface area contributed by atoms with Gasteiger partial charge in [-0.05, 0) is 12.1 Å². The second-order valence-corrected chi connectivity index (χ2v) is 5.21. The summed E-state index contributed by atoms with van der Waals surface area (Å²) in [5.41, 5.74) is 1.30. The van der Waals surface area contributed by atoms with Crippen molar-refractivity contribution < 1.29 is 22.7 Å². The molecule has 0 fully saturated rings. The predicted octanol–water partition coefficient (Wildman–Crippen LogP) is 3.26. The Morgan fingerprint density at radius 3 is 2.54 bits per heavy atom. The maximum absolute atomic E-state index is 12.8. The van der Waals surface area contributed by atoms with Gasteiger partial charge in [-0.1, -0.05) is 0 Å². The molecule has 1 aromatic carbocycles. The number of hydrogen-bond donors (Lipinski definition) is 0. The van der Waals surface area contributed by atoms with Crippen LogP contribution in [0.1, 0.15) is 21.9 Å². The van der Waals surface area contributed by atoms with Gasteiger partial charge in [-0.2, -0.15) is 13.2 Å². The second kappa shape index (κ2) is 4.73. The maximum atomic E-state index is 12.8. The Balaban J connectivity index is 2.00. The first-order valence-corrected chi connectivity index (χ1v) is 6.86. The molecule has 0 aliphatic heterocycles. The fraction of sp³-hybridized carbons (Fsp3) is 0.125.